The van der Waals surface area contributed by atoms with Crippen LogP contribution in [0.2, 0.25) is 0 Å². The smallest absolute Gasteiger partial charge is 0.113 e. The van der Waals surface area contributed by atoms with Crippen molar-refractivity contribution in [3.8, 4) is 0 Å². The second kappa shape index (κ2) is 2.61. The van der Waals surface area contributed by atoms with Gasteiger partial charge in [0.05, 0.1) is 0 Å². The van der Waals surface area contributed by atoms with Crippen LogP contribution in [0.15, 0.2) is 36.7 Å². The number of nitrogens with one attached hydrogen (secondary N) is 1. The largest absolute Gasteiger partial charge is 0.354 e. The van der Waals surface area contributed by atoms with Crippen molar-refractivity contribution >= 4 is 35.1 Å². The van der Waals surface area contributed by atoms with Crippen molar-refractivity contribution in [1.29, 1.82) is 0 Å². The topological polar surface area (TPSA) is 28.7 Å². The molecule has 0 fully saturated rings. The fraction of sp³-hybridized carbons (Fsp3) is 0. The lowest BCUT2D eigenvalue weighted by Gasteiger charge is -1.92. The molecule has 3 rings (SSSR count). The molecule has 0 aliphatic rings. The van der Waals surface area contributed by atoms with E-state index in [0.717, 1.165) is 21.9 Å². The summed E-state index contributed by atoms with van der Waals surface area (Å²) in [5.41, 5.74) is 2.94. The maximum absolute atomic E-state index is 5.71. The Labute approximate surface area is 82.4 Å². The molecule has 0 amide bonds. The summed E-state index contributed by atoms with van der Waals surface area (Å²) in [6, 6.07) is 7.83. The quantitative estimate of drug-likeness (QED) is 0.519. The van der Waals surface area contributed by atoms with Crippen molar-refractivity contribution in [3.05, 3.63) is 36.7 Å². The van der Waals surface area contributed by atoms with Crippen molar-refractivity contribution in [1.82, 2.24) is 9.97 Å². The Bertz CT molecular complexity index is 613. The Morgan fingerprint density at radius 2 is 2.00 bits per heavy atom. The van der Waals surface area contributed by atoms with Crippen LogP contribution in [-0.4, -0.2) is 17.8 Å². The monoisotopic (exact) mass is 178 g/mol. The lowest BCUT2D eigenvalue weighted by Crippen LogP contribution is -1.98. The predicted octanol–water partition coefficient (Wildman–Crippen LogP) is 1.51. The minimum atomic E-state index is 0.775. The number of hydrogen-bond acceptors (Lipinski definition) is 1. The summed E-state index contributed by atoms with van der Waals surface area (Å²) in [6.45, 7) is 0. The molecular formula is C11H7BN2. The van der Waals surface area contributed by atoms with E-state index in [1.807, 2.05) is 30.5 Å². The number of benzene rings is 1. The van der Waals surface area contributed by atoms with Crippen LogP contribution in [-0.2, 0) is 0 Å². The van der Waals surface area contributed by atoms with E-state index in [1.165, 1.54) is 5.39 Å². The van der Waals surface area contributed by atoms with Gasteiger partial charge in [0.15, 0.2) is 0 Å². The molecule has 1 N–H and O–H groups in total. The Hall–Kier alpha value is -1.77. The van der Waals surface area contributed by atoms with Gasteiger partial charge in [0.2, 0.25) is 0 Å². The number of aromatic nitrogens is 2. The molecule has 2 heterocycles. The van der Waals surface area contributed by atoms with Crippen LogP contribution in [0.1, 0.15) is 0 Å². The van der Waals surface area contributed by atoms with Crippen molar-refractivity contribution in [3.63, 3.8) is 0 Å². The van der Waals surface area contributed by atoms with E-state index in [9.17, 15) is 0 Å². The molecule has 0 aliphatic heterocycles. The van der Waals surface area contributed by atoms with Crippen LogP contribution in [0.25, 0.3) is 21.8 Å². The van der Waals surface area contributed by atoms with Crippen LogP contribution in [0.5, 0.6) is 0 Å². The zero-order chi connectivity index (χ0) is 9.54. The molecule has 1 aromatic carbocycles. The molecule has 2 aromatic heterocycles. The molecule has 2 nitrogen and oxygen atoms in total. The van der Waals surface area contributed by atoms with Gasteiger partial charge in [0.1, 0.15) is 7.85 Å². The molecule has 14 heavy (non-hydrogen) atoms. The molecule has 0 spiro atoms. The zero-order valence-corrected chi connectivity index (χ0v) is 7.49. The number of fused-ring (bicyclic) bond motifs is 3. The molecule has 0 aliphatic carbocycles. The fourth-order valence-electron chi connectivity index (χ4n) is 1.76. The summed E-state index contributed by atoms with van der Waals surface area (Å²) in [5, 5.41) is 2.31. The summed E-state index contributed by atoms with van der Waals surface area (Å²) in [4.78, 5) is 7.41. The van der Waals surface area contributed by atoms with Crippen LogP contribution >= 0.6 is 0 Å². The van der Waals surface area contributed by atoms with E-state index >= 15 is 0 Å². The average molecular weight is 178 g/mol. The summed E-state index contributed by atoms with van der Waals surface area (Å²) >= 11 is 0. The number of hydrogen-bond donors (Lipinski definition) is 1. The zero-order valence-electron chi connectivity index (χ0n) is 7.49. The van der Waals surface area contributed by atoms with Crippen LogP contribution in [0, 0.1) is 0 Å². The summed E-state index contributed by atoms with van der Waals surface area (Å²) in [6.07, 6.45) is 3.64. The highest BCUT2D eigenvalue weighted by Crippen LogP contribution is 2.22. The molecule has 3 aromatic rings. The molecule has 2 radical (unpaired) electrons. The first-order chi connectivity index (χ1) is 6.84. The lowest BCUT2D eigenvalue weighted by molar-refractivity contribution is 1.36. The number of H-pyrrole nitrogens is 1. The maximum atomic E-state index is 5.71. The third kappa shape index (κ3) is 0.955. The number of rotatable bonds is 0. The highest BCUT2D eigenvalue weighted by atomic mass is 14.7. The predicted molar refractivity (Wildman–Crippen MR) is 59.0 cm³/mol. The number of nitrogens with zero attached hydrogens (tertiary/aromatic N) is 1. The van der Waals surface area contributed by atoms with Crippen molar-refractivity contribution in [2.45, 2.75) is 0 Å². The van der Waals surface area contributed by atoms with Gasteiger partial charge in [0.25, 0.3) is 0 Å². The van der Waals surface area contributed by atoms with Crippen molar-refractivity contribution in [2.75, 3.05) is 0 Å². The van der Waals surface area contributed by atoms with E-state index in [4.69, 9.17) is 7.85 Å². The molecular weight excluding hydrogens is 171 g/mol. The summed E-state index contributed by atoms with van der Waals surface area (Å²) < 4.78 is 0. The van der Waals surface area contributed by atoms with Gasteiger partial charge in [-0.2, -0.15) is 0 Å². The van der Waals surface area contributed by atoms with Gasteiger partial charge >= 0.3 is 0 Å². The van der Waals surface area contributed by atoms with Gasteiger partial charge in [-0.15, -0.1) is 0 Å². The Morgan fingerprint density at radius 1 is 1.07 bits per heavy atom. The molecule has 0 atom stereocenters. The summed E-state index contributed by atoms with van der Waals surface area (Å²) in [7, 11) is 5.71. The Kier molecular flexibility index (Phi) is 1.42. The standard InChI is InChI=1S/C11H7BN2/c12-7-1-2-8-9-6-13-4-3-10(9)14-11(8)5-7/h1-6,14H. The van der Waals surface area contributed by atoms with Crippen LogP contribution in [0.4, 0.5) is 0 Å². The number of pyridine rings is 1. The SMILES string of the molecule is [B]c1ccc2c(c1)[nH]c1ccncc12. The van der Waals surface area contributed by atoms with Crippen molar-refractivity contribution < 1.29 is 0 Å². The minimum Gasteiger partial charge on any atom is -0.354 e. The van der Waals surface area contributed by atoms with Gasteiger partial charge in [-0.25, -0.2) is 0 Å². The Morgan fingerprint density at radius 3 is 2.93 bits per heavy atom. The maximum Gasteiger partial charge on any atom is 0.113 e. The first-order valence-corrected chi connectivity index (χ1v) is 4.45. The number of aromatic amines is 1. The molecule has 0 saturated carbocycles. The second-order valence-electron chi connectivity index (χ2n) is 3.35. The molecule has 0 unspecified atom stereocenters. The summed E-state index contributed by atoms with van der Waals surface area (Å²) in [5.74, 6) is 0. The van der Waals surface area contributed by atoms with Gasteiger partial charge in [0, 0.05) is 34.2 Å². The normalized spacial score (nSPS) is 11.1. The molecule has 64 valence electrons. The third-order valence-corrected chi connectivity index (χ3v) is 2.42. The van der Waals surface area contributed by atoms with Crippen molar-refractivity contribution in [2.24, 2.45) is 0 Å². The van der Waals surface area contributed by atoms with Gasteiger partial charge in [-0.3, -0.25) is 4.98 Å². The average Bonchev–Trinajstić information content (AvgIpc) is 2.54. The highest BCUT2D eigenvalue weighted by molar-refractivity contribution is 6.33. The molecule has 3 heteroatoms. The van der Waals surface area contributed by atoms with E-state index in [0.29, 0.717) is 0 Å². The lowest BCUT2D eigenvalue weighted by atomic mass is 9.95. The molecule has 0 bridgehead atoms. The van der Waals surface area contributed by atoms with Gasteiger partial charge < -0.3 is 4.98 Å². The fourth-order valence-corrected chi connectivity index (χ4v) is 1.76. The van der Waals surface area contributed by atoms with E-state index in [2.05, 4.69) is 9.97 Å². The van der Waals surface area contributed by atoms with E-state index < -0.39 is 0 Å². The second-order valence-corrected chi connectivity index (χ2v) is 3.35. The van der Waals surface area contributed by atoms with Gasteiger partial charge in [-0.1, -0.05) is 17.6 Å². The van der Waals surface area contributed by atoms with Gasteiger partial charge in [-0.05, 0) is 12.1 Å². The van der Waals surface area contributed by atoms with Crippen LogP contribution in [0.3, 0.4) is 0 Å². The first-order valence-electron chi connectivity index (χ1n) is 4.45. The first kappa shape index (κ1) is 7.62. The van der Waals surface area contributed by atoms with E-state index in [-0.39, 0.29) is 0 Å². The third-order valence-electron chi connectivity index (χ3n) is 2.42. The molecule has 0 saturated heterocycles. The minimum absolute atomic E-state index is 0.775. The highest BCUT2D eigenvalue weighted by Gasteiger charge is 2.02. The van der Waals surface area contributed by atoms with Crippen LogP contribution < -0.4 is 5.46 Å². The van der Waals surface area contributed by atoms with E-state index in [1.54, 1.807) is 6.20 Å². The Balaban J connectivity index is 2.57.